The largest absolute Gasteiger partial charge is 0.381 e. The number of hydrogen-bond donors (Lipinski definition) is 2. The summed E-state index contributed by atoms with van der Waals surface area (Å²) in [4.78, 5) is 18.8. The predicted octanol–water partition coefficient (Wildman–Crippen LogP) is 2.78. The molecule has 0 spiro atoms. The highest BCUT2D eigenvalue weighted by Gasteiger charge is 2.31. The molecule has 1 aliphatic carbocycles. The van der Waals surface area contributed by atoms with Crippen LogP contribution >= 0.6 is 24.0 Å². The van der Waals surface area contributed by atoms with Crippen LogP contribution in [0, 0.1) is 5.92 Å². The Hall–Kier alpha value is -1.35. The van der Waals surface area contributed by atoms with E-state index in [2.05, 4.69) is 15.6 Å². The molecular formula is C20H31IN4O2. The van der Waals surface area contributed by atoms with Crippen LogP contribution < -0.4 is 15.5 Å². The van der Waals surface area contributed by atoms with Crippen LogP contribution in [-0.4, -0.2) is 50.8 Å². The van der Waals surface area contributed by atoms with E-state index in [9.17, 15) is 4.79 Å². The number of rotatable bonds is 9. The minimum atomic E-state index is 0. The zero-order valence-electron chi connectivity index (χ0n) is 16.0. The fourth-order valence-electron chi connectivity index (χ4n) is 3.07. The number of halogens is 1. The van der Waals surface area contributed by atoms with Crippen molar-refractivity contribution in [1.82, 2.24) is 10.6 Å². The van der Waals surface area contributed by atoms with Crippen molar-refractivity contribution in [3.8, 4) is 0 Å². The minimum absolute atomic E-state index is 0. The average molecular weight is 486 g/mol. The van der Waals surface area contributed by atoms with Crippen LogP contribution in [0.1, 0.15) is 32.6 Å². The first-order valence-corrected chi connectivity index (χ1v) is 9.74. The van der Waals surface area contributed by atoms with Crippen molar-refractivity contribution < 1.29 is 9.53 Å². The van der Waals surface area contributed by atoms with E-state index < -0.39 is 0 Å². The van der Waals surface area contributed by atoms with Crippen molar-refractivity contribution >= 4 is 41.5 Å². The Labute approximate surface area is 179 Å². The third-order valence-electron chi connectivity index (χ3n) is 4.65. The number of carbonyl (C=O) groups is 1. The van der Waals surface area contributed by atoms with E-state index in [-0.39, 0.29) is 35.9 Å². The number of nitrogens with one attached hydrogen (secondary N) is 2. The van der Waals surface area contributed by atoms with Crippen LogP contribution in [0.2, 0.25) is 0 Å². The Kier molecular flexibility index (Phi) is 9.33. The number of amides is 1. The first-order valence-electron chi connectivity index (χ1n) is 9.74. The molecule has 150 valence electrons. The van der Waals surface area contributed by atoms with E-state index in [0.29, 0.717) is 13.0 Å². The number of anilines is 1. The van der Waals surface area contributed by atoms with Gasteiger partial charge in [-0.05, 0) is 44.2 Å². The number of aliphatic imine (C=N–C) groups is 1. The Morgan fingerprint density at radius 3 is 2.78 bits per heavy atom. The van der Waals surface area contributed by atoms with Gasteiger partial charge in [0, 0.05) is 45.0 Å². The van der Waals surface area contributed by atoms with E-state index in [1.165, 1.54) is 12.8 Å². The molecule has 1 heterocycles. The summed E-state index contributed by atoms with van der Waals surface area (Å²) in [5.41, 5.74) is 0.955. The van der Waals surface area contributed by atoms with Gasteiger partial charge in [0.2, 0.25) is 5.91 Å². The second kappa shape index (κ2) is 11.5. The number of nitrogens with zero attached hydrogens (tertiary/aromatic N) is 2. The number of benzene rings is 1. The molecule has 1 amide bonds. The van der Waals surface area contributed by atoms with Crippen LogP contribution in [0.15, 0.2) is 35.3 Å². The Bertz CT molecular complexity index is 607. The normalized spacial score (nSPS) is 19.7. The first kappa shape index (κ1) is 21.9. The minimum Gasteiger partial charge on any atom is -0.381 e. The van der Waals surface area contributed by atoms with E-state index in [4.69, 9.17) is 4.74 Å². The van der Waals surface area contributed by atoms with Gasteiger partial charge < -0.3 is 20.3 Å². The maximum absolute atomic E-state index is 12.3. The fraction of sp³-hybridized carbons (Fsp3) is 0.600. The Morgan fingerprint density at radius 2 is 2.07 bits per heavy atom. The van der Waals surface area contributed by atoms with Gasteiger partial charge in [0.25, 0.3) is 0 Å². The summed E-state index contributed by atoms with van der Waals surface area (Å²) < 4.78 is 5.65. The highest BCUT2D eigenvalue weighted by molar-refractivity contribution is 14.0. The standard InChI is InChI=1S/C20H30N4O2.HI/c1-2-21-20(22-11-6-12-26-15-16-9-10-16)23-17-13-19(25)24(14-17)18-7-4-3-5-8-18;/h3-5,7-8,16-17H,2,6,9-15H2,1H3,(H2,21,22,23);1H. The lowest BCUT2D eigenvalue weighted by atomic mass is 10.2. The number of guanidine groups is 1. The van der Waals surface area contributed by atoms with Crippen molar-refractivity contribution in [3.05, 3.63) is 30.3 Å². The second-order valence-corrected chi connectivity index (χ2v) is 7.02. The van der Waals surface area contributed by atoms with E-state index >= 15 is 0 Å². The summed E-state index contributed by atoms with van der Waals surface area (Å²) in [6.45, 7) is 5.91. The van der Waals surface area contributed by atoms with Crippen LogP contribution in [0.25, 0.3) is 0 Å². The van der Waals surface area contributed by atoms with Crippen LogP contribution in [0.5, 0.6) is 0 Å². The molecule has 1 saturated carbocycles. The summed E-state index contributed by atoms with van der Waals surface area (Å²) in [7, 11) is 0. The summed E-state index contributed by atoms with van der Waals surface area (Å²) in [6.07, 6.45) is 4.06. The third kappa shape index (κ3) is 7.29. The number of para-hydroxylation sites is 1. The van der Waals surface area contributed by atoms with Crippen molar-refractivity contribution in [2.24, 2.45) is 10.9 Å². The smallest absolute Gasteiger partial charge is 0.229 e. The van der Waals surface area contributed by atoms with Gasteiger partial charge in [-0.25, -0.2) is 0 Å². The van der Waals surface area contributed by atoms with Gasteiger partial charge in [-0.2, -0.15) is 0 Å². The zero-order valence-corrected chi connectivity index (χ0v) is 18.4. The van der Waals surface area contributed by atoms with Crippen molar-refractivity contribution in [2.75, 3.05) is 37.7 Å². The van der Waals surface area contributed by atoms with Gasteiger partial charge in [-0.3, -0.25) is 9.79 Å². The second-order valence-electron chi connectivity index (χ2n) is 7.02. The summed E-state index contributed by atoms with van der Waals surface area (Å²) >= 11 is 0. The topological polar surface area (TPSA) is 66.0 Å². The number of carbonyl (C=O) groups excluding carboxylic acids is 1. The zero-order chi connectivity index (χ0) is 18.2. The van der Waals surface area contributed by atoms with Gasteiger partial charge in [0.05, 0.1) is 6.04 Å². The maximum Gasteiger partial charge on any atom is 0.229 e. The third-order valence-corrected chi connectivity index (χ3v) is 4.65. The van der Waals surface area contributed by atoms with E-state index in [0.717, 1.165) is 50.3 Å². The monoisotopic (exact) mass is 486 g/mol. The first-order chi connectivity index (χ1) is 12.8. The molecule has 7 heteroatoms. The molecule has 1 unspecified atom stereocenters. The molecule has 1 aromatic rings. The summed E-state index contributed by atoms with van der Waals surface area (Å²) in [5, 5.41) is 6.67. The van der Waals surface area contributed by atoms with Crippen LogP contribution in [-0.2, 0) is 9.53 Å². The molecule has 2 N–H and O–H groups in total. The predicted molar refractivity (Wildman–Crippen MR) is 120 cm³/mol. The molecule has 27 heavy (non-hydrogen) atoms. The quantitative estimate of drug-likeness (QED) is 0.244. The van der Waals surface area contributed by atoms with E-state index in [1.54, 1.807) is 0 Å². The lowest BCUT2D eigenvalue weighted by Gasteiger charge is -2.19. The molecule has 1 saturated heterocycles. The van der Waals surface area contributed by atoms with Gasteiger partial charge in [-0.15, -0.1) is 24.0 Å². The van der Waals surface area contributed by atoms with Gasteiger partial charge in [-0.1, -0.05) is 18.2 Å². The molecule has 0 aromatic heterocycles. The lowest BCUT2D eigenvalue weighted by molar-refractivity contribution is -0.117. The molecular weight excluding hydrogens is 455 g/mol. The Balaban J connectivity index is 0.00000261. The SMILES string of the molecule is CCNC(=NCCCOCC1CC1)NC1CC(=O)N(c2ccccc2)C1.I. The van der Waals surface area contributed by atoms with Gasteiger partial charge in [0.15, 0.2) is 5.96 Å². The average Bonchev–Trinajstić information content (AvgIpc) is 3.40. The lowest BCUT2D eigenvalue weighted by Crippen LogP contribution is -2.44. The highest BCUT2D eigenvalue weighted by Crippen LogP contribution is 2.28. The fourth-order valence-corrected chi connectivity index (χ4v) is 3.07. The molecule has 1 atom stereocenters. The highest BCUT2D eigenvalue weighted by atomic mass is 127. The van der Waals surface area contributed by atoms with Crippen molar-refractivity contribution in [2.45, 2.75) is 38.6 Å². The Morgan fingerprint density at radius 1 is 1.30 bits per heavy atom. The van der Waals surface area contributed by atoms with Crippen molar-refractivity contribution in [3.63, 3.8) is 0 Å². The van der Waals surface area contributed by atoms with E-state index in [1.807, 2.05) is 42.2 Å². The van der Waals surface area contributed by atoms with Gasteiger partial charge in [0.1, 0.15) is 0 Å². The van der Waals surface area contributed by atoms with Crippen molar-refractivity contribution in [1.29, 1.82) is 0 Å². The molecule has 6 nitrogen and oxygen atoms in total. The van der Waals surface area contributed by atoms with Crippen LogP contribution in [0.3, 0.4) is 0 Å². The molecule has 1 aliphatic heterocycles. The molecule has 3 rings (SSSR count). The molecule has 2 fully saturated rings. The summed E-state index contributed by atoms with van der Waals surface area (Å²) in [6, 6.07) is 9.90. The number of hydrogen-bond acceptors (Lipinski definition) is 3. The summed E-state index contributed by atoms with van der Waals surface area (Å²) in [5.74, 6) is 1.74. The number of ether oxygens (including phenoxy) is 1. The molecule has 0 bridgehead atoms. The molecule has 1 aromatic carbocycles. The van der Waals surface area contributed by atoms with Crippen LogP contribution in [0.4, 0.5) is 5.69 Å². The molecule has 2 aliphatic rings. The van der Waals surface area contributed by atoms with Gasteiger partial charge >= 0.3 is 0 Å². The maximum atomic E-state index is 12.3. The molecule has 0 radical (unpaired) electrons.